The molecule has 56 valence electrons. The molecule has 0 atom stereocenters. The van der Waals surface area contributed by atoms with Crippen molar-refractivity contribution in [3.63, 3.8) is 0 Å². The monoisotopic (exact) mass is 149 g/mol. The second-order valence-corrected chi connectivity index (χ2v) is 2.30. The molecule has 0 aliphatic heterocycles. The second kappa shape index (κ2) is 1.88. The average Bonchev–Trinajstić information content (AvgIpc) is 2.34. The van der Waals surface area contributed by atoms with Crippen LogP contribution in [0.1, 0.15) is 0 Å². The van der Waals surface area contributed by atoms with E-state index in [0.717, 1.165) is 10.2 Å². The summed E-state index contributed by atoms with van der Waals surface area (Å²) in [5.74, 6) is 5.58. The average molecular weight is 149 g/mol. The van der Waals surface area contributed by atoms with Crippen LogP contribution >= 0.6 is 0 Å². The quantitative estimate of drug-likeness (QED) is 0.535. The Bertz CT molecular complexity index is 393. The number of hydrogen-bond acceptors (Lipinski definition) is 3. The smallest absolute Gasteiger partial charge is 0.143 e. The molecule has 0 bridgehead atoms. The Morgan fingerprint density at radius 2 is 2.27 bits per heavy atom. The molecule has 0 saturated heterocycles. The van der Waals surface area contributed by atoms with E-state index in [1.807, 2.05) is 6.07 Å². The van der Waals surface area contributed by atoms with Crippen molar-refractivity contribution < 1.29 is 5.11 Å². The molecule has 4 heteroatoms. The summed E-state index contributed by atoms with van der Waals surface area (Å²) in [5.41, 5.74) is 0.563. The van der Waals surface area contributed by atoms with Gasteiger partial charge in [-0.1, -0.05) is 12.1 Å². The number of phenolic OH excluding ortho intramolecular Hbond substituents is 1. The molecule has 0 radical (unpaired) electrons. The first kappa shape index (κ1) is 6.03. The van der Waals surface area contributed by atoms with Gasteiger partial charge < -0.3 is 10.9 Å². The van der Waals surface area contributed by atoms with Gasteiger partial charge in [-0.25, -0.2) is 0 Å². The van der Waals surface area contributed by atoms with Gasteiger partial charge in [0.15, 0.2) is 0 Å². The molecule has 0 saturated carbocycles. The van der Waals surface area contributed by atoms with Crippen LogP contribution in [0, 0.1) is 0 Å². The first-order valence-electron chi connectivity index (χ1n) is 3.20. The molecule has 0 unspecified atom stereocenters. The van der Waals surface area contributed by atoms with Crippen LogP contribution in [-0.2, 0) is 0 Å². The minimum atomic E-state index is 0.155. The Kier molecular flexibility index (Phi) is 1.03. The van der Waals surface area contributed by atoms with Crippen molar-refractivity contribution in [2.24, 2.45) is 0 Å². The number of nitrogens with zero attached hydrogens (tertiary/aromatic N) is 2. The third kappa shape index (κ3) is 0.724. The maximum absolute atomic E-state index is 9.30. The zero-order valence-electron chi connectivity index (χ0n) is 5.73. The van der Waals surface area contributed by atoms with Crippen LogP contribution in [0.4, 0.5) is 0 Å². The molecule has 4 nitrogen and oxygen atoms in total. The lowest BCUT2D eigenvalue weighted by atomic mass is 10.2. The van der Waals surface area contributed by atoms with E-state index in [2.05, 4.69) is 5.10 Å². The molecule has 0 aliphatic carbocycles. The summed E-state index contributed by atoms with van der Waals surface area (Å²) in [6, 6.07) is 5.16. The highest BCUT2D eigenvalue weighted by atomic mass is 16.3. The summed E-state index contributed by atoms with van der Waals surface area (Å²) in [4.78, 5) is 1.16. The number of rotatable bonds is 0. The standard InChI is InChI=1S/C7H7N3O/c8-10-7-5(4-9-10)2-1-3-6(7)11/h1-4,11H,8H2. The van der Waals surface area contributed by atoms with Gasteiger partial charge >= 0.3 is 0 Å². The lowest BCUT2D eigenvalue weighted by molar-refractivity contribution is 0.478. The van der Waals surface area contributed by atoms with Crippen molar-refractivity contribution in [2.75, 3.05) is 5.84 Å². The first-order valence-corrected chi connectivity index (χ1v) is 3.20. The fourth-order valence-corrected chi connectivity index (χ4v) is 1.08. The molecule has 1 aromatic heterocycles. The predicted molar refractivity (Wildman–Crippen MR) is 41.5 cm³/mol. The summed E-state index contributed by atoms with van der Waals surface area (Å²) in [7, 11) is 0. The van der Waals surface area contributed by atoms with Crippen LogP contribution in [0.5, 0.6) is 5.75 Å². The zero-order chi connectivity index (χ0) is 7.84. The lowest BCUT2D eigenvalue weighted by Crippen LogP contribution is -2.08. The third-order valence-electron chi connectivity index (χ3n) is 1.60. The van der Waals surface area contributed by atoms with Crippen molar-refractivity contribution in [1.82, 2.24) is 9.89 Å². The Hall–Kier alpha value is -1.71. The number of para-hydroxylation sites is 1. The molecule has 2 aromatic rings. The van der Waals surface area contributed by atoms with Crippen LogP contribution in [0.25, 0.3) is 10.9 Å². The van der Waals surface area contributed by atoms with Gasteiger partial charge in [0.05, 0.1) is 6.20 Å². The van der Waals surface area contributed by atoms with Gasteiger partial charge in [-0.3, -0.25) is 0 Å². The SMILES string of the molecule is Nn1ncc2cccc(O)c21. The molecule has 1 heterocycles. The Labute approximate surface area is 62.8 Å². The fraction of sp³-hybridized carbons (Fsp3) is 0. The minimum absolute atomic E-state index is 0.155. The van der Waals surface area contributed by atoms with Gasteiger partial charge in [0, 0.05) is 5.39 Å². The number of benzene rings is 1. The molecule has 11 heavy (non-hydrogen) atoms. The topological polar surface area (TPSA) is 64.1 Å². The largest absolute Gasteiger partial charge is 0.506 e. The molecule has 0 fully saturated rings. The van der Waals surface area contributed by atoms with Crippen LogP contribution in [0.3, 0.4) is 0 Å². The minimum Gasteiger partial charge on any atom is -0.506 e. The fourth-order valence-electron chi connectivity index (χ4n) is 1.08. The summed E-state index contributed by atoms with van der Waals surface area (Å²) in [6.07, 6.45) is 1.61. The van der Waals surface area contributed by atoms with Crippen molar-refractivity contribution in [1.29, 1.82) is 0 Å². The number of aromatic nitrogens is 2. The first-order chi connectivity index (χ1) is 5.29. The van der Waals surface area contributed by atoms with E-state index in [9.17, 15) is 5.11 Å². The molecule has 2 rings (SSSR count). The zero-order valence-corrected chi connectivity index (χ0v) is 5.73. The maximum atomic E-state index is 9.30. The number of aromatic hydroxyl groups is 1. The lowest BCUT2D eigenvalue weighted by Gasteiger charge is -1.95. The van der Waals surface area contributed by atoms with Gasteiger partial charge in [0.1, 0.15) is 11.3 Å². The van der Waals surface area contributed by atoms with Crippen molar-refractivity contribution >= 4 is 10.9 Å². The van der Waals surface area contributed by atoms with Crippen LogP contribution in [0.2, 0.25) is 0 Å². The van der Waals surface area contributed by atoms with Crippen molar-refractivity contribution in [3.05, 3.63) is 24.4 Å². The molecule has 0 amide bonds. The highest BCUT2D eigenvalue weighted by Crippen LogP contribution is 2.21. The highest BCUT2D eigenvalue weighted by Gasteiger charge is 2.02. The normalized spacial score (nSPS) is 10.5. The van der Waals surface area contributed by atoms with Gasteiger partial charge in [0.25, 0.3) is 0 Å². The van der Waals surface area contributed by atoms with E-state index in [1.54, 1.807) is 18.3 Å². The number of fused-ring (bicyclic) bond motifs is 1. The van der Waals surface area contributed by atoms with Crippen molar-refractivity contribution in [3.8, 4) is 5.75 Å². The summed E-state index contributed by atoms with van der Waals surface area (Å²) >= 11 is 0. The third-order valence-corrected chi connectivity index (χ3v) is 1.60. The molecular formula is C7H7N3O. The molecule has 1 aromatic carbocycles. The number of nitrogen functional groups attached to an aromatic ring is 1. The van der Waals surface area contributed by atoms with Crippen LogP contribution < -0.4 is 5.84 Å². The van der Waals surface area contributed by atoms with E-state index >= 15 is 0 Å². The Morgan fingerprint density at radius 3 is 3.00 bits per heavy atom. The van der Waals surface area contributed by atoms with Crippen LogP contribution in [-0.4, -0.2) is 15.0 Å². The number of hydrogen-bond donors (Lipinski definition) is 2. The Balaban J connectivity index is 2.96. The number of nitrogens with two attached hydrogens (primary N) is 1. The van der Waals surface area contributed by atoms with E-state index in [1.165, 1.54) is 0 Å². The number of phenols is 1. The van der Waals surface area contributed by atoms with E-state index < -0.39 is 0 Å². The predicted octanol–water partition coefficient (Wildman–Crippen LogP) is 0.456. The second-order valence-electron chi connectivity index (χ2n) is 2.30. The Morgan fingerprint density at radius 1 is 1.45 bits per heavy atom. The van der Waals surface area contributed by atoms with E-state index in [0.29, 0.717) is 5.52 Å². The van der Waals surface area contributed by atoms with E-state index in [-0.39, 0.29) is 5.75 Å². The molecule has 0 spiro atoms. The maximum Gasteiger partial charge on any atom is 0.143 e. The molecule has 3 N–H and O–H groups in total. The highest BCUT2D eigenvalue weighted by molar-refractivity contribution is 5.84. The van der Waals surface area contributed by atoms with Crippen molar-refractivity contribution in [2.45, 2.75) is 0 Å². The molecular weight excluding hydrogens is 142 g/mol. The van der Waals surface area contributed by atoms with Gasteiger partial charge in [0.2, 0.25) is 0 Å². The van der Waals surface area contributed by atoms with E-state index in [4.69, 9.17) is 5.84 Å². The van der Waals surface area contributed by atoms with Gasteiger partial charge in [-0.2, -0.15) is 9.89 Å². The van der Waals surface area contributed by atoms with Gasteiger partial charge in [-0.15, -0.1) is 0 Å². The summed E-state index contributed by atoms with van der Waals surface area (Å²) < 4.78 is 0. The van der Waals surface area contributed by atoms with Crippen LogP contribution in [0.15, 0.2) is 24.4 Å². The summed E-state index contributed by atoms with van der Waals surface area (Å²) in [6.45, 7) is 0. The molecule has 0 aliphatic rings. The summed E-state index contributed by atoms with van der Waals surface area (Å²) in [5, 5.41) is 13.9. The van der Waals surface area contributed by atoms with Gasteiger partial charge in [-0.05, 0) is 6.07 Å².